The van der Waals surface area contributed by atoms with Crippen LogP contribution in [0.2, 0.25) is 0 Å². The van der Waals surface area contributed by atoms with Crippen molar-refractivity contribution in [2.24, 2.45) is 0 Å². The Morgan fingerprint density at radius 2 is 2.23 bits per heavy atom. The normalized spacial score (nSPS) is 18.7. The van der Waals surface area contributed by atoms with Crippen molar-refractivity contribution < 1.29 is 9.59 Å². The molecule has 1 aromatic heterocycles. The maximum atomic E-state index is 12.2. The molecule has 1 atom stereocenters. The fourth-order valence-electron chi connectivity index (χ4n) is 2.53. The number of nitrogens with zero attached hydrogens (tertiary/aromatic N) is 3. The Morgan fingerprint density at radius 3 is 2.73 bits per heavy atom. The van der Waals surface area contributed by atoms with Crippen LogP contribution in [-0.2, 0) is 11.3 Å². The van der Waals surface area contributed by atoms with Gasteiger partial charge in [-0.2, -0.15) is 0 Å². The molecule has 1 fully saturated rings. The predicted octanol–water partition coefficient (Wildman–Crippen LogP) is 1.99. The highest BCUT2D eigenvalue weighted by Gasteiger charge is 2.37. The zero-order chi connectivity index (χ0) is 16.5. The molecule has 2 heterocycles. The van der Waals surface area contributed by atoms with E-state index >= 15 is 0 Å². The molecule has 122 valence electrons. The molecule has 0 radical (unpaired) electrons. The van der Waals surface area contributed by atoms with E-state index in [4.69, 9.17) is 0 Å². The Bertz CT molecular complexity index is 564. The van der Waals surface area contributed by atoms with Gasteiger partial charge in [0.05, 0.1) is 23.3 Å². The highest BCUT2D eigenvalue weighted by Crippen LogP contribution is 2.22. The quantitative estimate of drug-likeness (QED) is 0.925. The first-order valence-corrected chi connectivity index (χ1v) is 8.28. The number of urea groups is 1. The summed E-state index contributed by atoms with van der Waals surface area (Å²) in [6.07, 6.45) is 0.368. The van der Waals surface area contributed by atoms with E-state index in [1.54, 1.807) is 23.3 Å². The van der Waals surface area contributed by atoms with Gasteiger partial charge >= 0.3 is 6.03 Å². The molecule has 0 spiro atoms. The first-order chi connectivity index (χ1) is 10.2. The lowest BCUT2D eigenvalue weighted by Gasteiger charge is -2.32. The van der Waals surface area contributed by atoms with Gasteiger partial charge in [-0.25, -0.2) is 9.78 Å². The number of aryl methyl sites for hydroxylation is 1. The number of carbonyl (C=O) groups is 2. The molecular weight excluding hydrogens is 300 g/mol. The smallest absolute Gasteiger partial charge is 0.317 e. The lowest BCUT2D eigenvalue weighted by molar-refractivity contribution is -0.131. The second-order valence-electron chi connectivity index (χ2n) is 6.74. The van der Waals surface area contributed by atoms with Gasteiger partial charge in [0.1, 0.15) is 0 Å². The molecule has 0 aromatic carbocycles. The van der Waals surface area contributed by atoms with Crippen LogP contribution in [-0.4, -0.2) is 51.9 Å². The monoisotopic (exact) mass is 324 g/mol. The first kappa shape index (κ1) is 16.7. The number of rotatable bonds is 3. The zero-order valence-electron chi connectivity index (χ0n) is 13.8. The van der Waals surface area contributed by atoms with Crippen LogP contribution in [0.4, 0.5) is 4.79 Å². The van der Waals surface area contributed by atoms with Crippen LogP contribution in [0.1, 0.15) is 37.9 Å². The molecule has 0 saturated carbocycles. The number of thiazole rings is 1. The van der Waals surface area contributed by atoms with Crippen LogP contribution in [0.3, 0.4) is 0 Å². The molecular formula is C15H24N4O2S. The average Bonchev–Trinajstić information content (AvgIpc) is 2.95. The number of hydrogen-bond donors (Lipinski definition) is 1. The van der Waals surface area contributed by atoms with Crippen molar-refractivity contribution in [1.29, 1.82) is 0 Å². The summed E-state index contributed by atoms with van der Waals surface area (Å²) in [5.74, 6) is 0.0931. The maximum absolute atomic E-state index is 12.2. The van der Waals surface area contributed by atoms with E-state index in [0.29, 0.717) is 19.5 Å². The van der Waals surface area contributed by atoms with Gasteiger partial charge in [0.25, 0.3) is 0 Å². The molecule has 1 aliphatic heterocycles. The van der Waals surface area contributed by atoms with Crippen LogP contribution in [0.25, 0.3) is 0 Å². The Morgan fingerprint density at radius 1 is 1.55 bits per heavy atom. The van der Waals surface area contributed by atoms with E-state index in [1.807, 2.05) is 38.0 Å². The summed E-state index contributed by atoms with van der Waals surface area (Å²) in [4.78, 5) is 32.0. The van der Waals surface area contributed by atoms with E-state index in [1.165, 1.54) is 0 Å². The topological polar surface area (TPSA) is 65.5 Å². The maximum Gasteiger partial charge on any atom is 0.317 e. The molecule has 1 aliphatic rings. The zero-order valence-corrected chi connectivity index (χ0v) is 14.7. The molecule has 0 unspecified atom stereocenters. The van der Waals surface area contributed by atoms with Crippen molar-refractivity contribution in [2.45, 2.75) is 52.2 Å². The molecule has 22 heavy (non-hydrogen) atoms. The van der Waals surface area contributed by atoms with Gasteiger partial charge in [0.2, 0.25) is 5.91 Å². The van der Waals surface area contributed by atoms with Crippen molar-refractivity contribution in [3.8, 4) is 0 Å². The Labute approximate surface area is 135 Å². The standard InChI is InChI=1S/C15H24N4O2S/c1-10-16-12(9-22-10)7-18(5)14(21)17-11-6-13(20)19(8-11)15(2,3)4/h9,11H,6-8H2,1-5H3,(H,17,21)/t11-/m1/s1. The van der Waals surface area contributed by atoms with Gasteiger partial charge in [-0.15, -0.1) is 11.3 Å². The van der Waals surface area contributed by atoms with E-state index < -0.39 is 0 Å². The summed E-state index contributed by atoms with van der Waals surface area (Å²) in [7, 11) is 1.74. The first-order valence-electron chi connectivity index (χ1n) is 7.40. The lowest BCUT2D eigenvalue weighted by atomic mass is 10.1. The fourth-order valence-corrected chi connectivity index (χ4v) is 3.14. The third-order valence-corrected chi connectivity index (χ3v) is 4.50. The van der Waals surface area contributed by atoms with Crippen LogP contribution in [0.15, 0.2) is 5.38 Å². The molecule has 2 rings (SSSR count). The van der Waals surface area contributed by atoms with Crippen molar-refractivity contribution in [2.75, 3.05) is 13.6 Å². The fraction of sp³-hybridized carbons (Fsp3) is 0.667. The van der Waals surface area contributed by atoms with Gasteiger partial charge in [-0.3, -0.25) is 4.79 Å². The average molecular weight is 324 g/mol. The highest BCUT2D eigenvalue weighted by molar-refractivity contribution is 7.09. The minimum absolute atomic E-state index is 0.0931. The SMILES string of the molecule is Cc1nc(CN(C)C(=O)N[C@@H]2CC(=O)N(C(C)(C)C)C2)cs1. The Hall–Kier alpha value is -1.63. The molecule has 1 saturated heterocycles. The number of aromatic nitrogens is 1. The predicted molar refractivity (Wildman–Crippen MR) is 86.7 cm³/mol. The van der Waals surface area contributed by atoms with E-state index in [2.05, 4.69) is 10.3 Å². The lowest BCUT2D eigenvalue weighted by Crippen LogP contribution is -2.46. The summed E-state index contributed by atoms with van der Waals surface area (Å²) in [6.45, 7) is 9.00. The van der Waals surface area contributed by atoms with Crippen molar-refractivity contribution in [3.63, 3.8) is 0 Å². The number of nitrogens with one attached hydrogen (secondary N) is 1. The number of likely N-dealkylation sites (tertiary alicyclic amines) is 1. The molecule has 3 amide bonds. The molecule has 1 aromatic rings. The number of amides is 3. The number of hydrogen-bond acceptors (Lipinski definition) is 4. The van der Waals surface area contributed by atoms with E-state index in [9.17, 15) is 9.59 Å². The highest BCUT2D eigenvalue weighted by atomic mass is 32.1. The second-order valence-corrected chi connectivity index (χ2v) is 7.80. The minimum atomic E-state index is -0.208. The molecule has 0 aliphatic carbocycles. The van der Waals surface area contributed by atoms with Crippen LogP contribution < -0.4 is 5.32 Å². The van der Waals surface area contributed by atoms with Crippen LogP contribution in [0, 0.1) is 6.92 Å². The van der Waals surface area contributed by atoms with E-state index in [0.717, 1.165) is 10.7 Å². The van der Waals surface area contributed by atoms with Gasteiger partial charge in [0.15, 0.2) is 0 Å². The summed E-state index contributed by atoms with van der Waals surface area (Å²) < 4.78 is 0. The minimum Gasteiger partial charge on any atom is -0.336 e. The third-order valence-electron chi connectivity index (χ3n) is 3.67. The van der Waals surface area contributed by atoms with Crippen LogP contribution in [0.5, 0.6) is 0 Å². The molecule has 6 nitrogen and oxygen atoms in total. The second kappa shape index (κ2) is 6.24. The van der Waals surface area contributed by atoms with Crippen molar-refractivity contribution >= 4 is 23.3 Å². The molecule has 7 heteroatoms. The van der Waals surface area contributed by atoms with Gasteiger partial charge in [-0.05, 0) is 27.7 Å². The van der Waals surface area contributed by atoms with E-state index in [-0.39, 0.29) is 23.5 Å². The van der Waals surface area contributed by atoms with Crippen molar-refractivity contribution in [1.82, 2.24) is 20.1 Å². The van der Waals surface area contributed by atoms with Gasteiger partial charge < -0.3 is 15.1 Å². The summed E-state index contributed by atoms with van der Waals surface area (Å²) in [5, 5.41) is 5.89. The Kier molecular flexibility index (Phi) is 4.75. The summed E-state index contributed by atoms with van der Waals surface area (Å²) in [6, 6.07) is -0.293. The molecule has 1 N–H and O–H groups in total. The van der Waals surface area contributed by atoms with Crippen LogP contribution >= 0.6 is 11.3 Å². The summed E-state index contributed by atoms with van der Waals surface area (Å²) >= 11 is 1.57. The van der Waals surface area contributed by atoms with Crippen molar-refractivity contribution in [3.05, 3.63) is 16.1 Å². The number of carbonyl (C=O) groups excluding carboxylic acids is 2. The van der Waals surface area contributed by atoms with Gasteiger partial charge in [-0.1, -0.05) is 0 Å². The third kappa shape index (κ3) is 3.97. The summed E-state index contributed by atoms with van der Waals surface area (Å²) in [5.41, 5.74) is 0.680. The largest absolute Gasteiger partial charge is 0.336 e. The van der Waals surface area contributed by atoms with Gasteiger partial charge in [0, 0.05) is 30.9 Å². The molecule has 0 bridgehead atoms. The Balaban J connectivity index is 1.88.